The Morgan fingerprint density at radius 1 is 0.595 bits per heavy atom. The van der Waals surface area contributed by atoms with Crippen LogP contribution in [0.4, 0.5) is 11.4 Å². The van der Waals surface area contributed by atoms with Crippen molar-refractivity contribution in [1.29, 1.82) is 0 Å². The highest BCUT2D eigenvalue weighted by Crippen LogP contribution is 2.38. The van der Waals surface area contributed by atoms with E-state index in [1.54, 1.807) is 0 Å². The molecule has 3 heteroatoms. The van der Waals surface area contributed by atoms with E-state index in [9.17, 15) is 0 Å². The van der Waals surface area contributed by atoms with E-state index in [0.717, 1.165) is 32.7 Å². The van der Waals surface area contributed by atoms with Crippen LogP contribution < -0.4 is 9.80 Å². The zero-order chi connectivity index (χ0) is 26.4. The molecule has 1 aliphatic carbocycles. The first kappa shape index (κ1) is 26.5. The first-order chi connectivity index (χ1) is 18.1. The van der Waals surface area contributed by atoms with Crippen molar-refractivity contribution in [1.82, 2.24) is 0 Å². The van der Waals surface area contributed by atoms with Gasteiger partial charge in [0.2, 0.25) is 5.71 Å². The molecule has 1 aliphatic rings. The second-order valence-corrected chi connectivity index (χ2v) is 9.51. The van der Waals surface area contributed by atoms with Gasteiger partial charge in [-0.05, 0) is 98.9 Å². The van der Waals surface area contributed by atoms with Crippen molar-refractivity contribution in [3.8, 4) is 0 Å². The maximum Gasteiger partial charge on any atom is 0.207 e. The van der Waals surface area contributed by atoms with Crippen molar-refractivity contribution < 1.29 is 4.58 Å². The number of rotatable bonds is 9. The highest BCUT2D eigenvalue weighted by Gasteiger charge is 2.23. The summed E-state index contributed by atoms with van der Waals surface area (Å²) in [5.74, 6) is 0. The predicted molar refractivity (Wildman–Crippen MR) is 162 cm³/mol. The normalized spacial score (nSPS) is 13.8. The number of allylic oxidation sites excluding steroid dienone is 3. The van der Waals surface area contributed by atoms with Crippen LogP contribution in [0.25, 0.3) is 11.1 Å². The van der Waals surface area contributed by atoms with Crippen LogP contribution in [0, 0.1) is 0 Å². The zero-order valence-electron chi connectivity index (χ0n) is 23.5. The van der Waals surface area contributed by atoms with Crippen molar-refractivity contribution in [3.05, 3.63) is 107 Å². The van der Waals surface area contributed by atoms with Crippen molar-refractivity contribution in [2.75, 3.05) is 49.6 Å². The van der Waals surface area contributed by atoms with E-state index < -0.39 is 0 Å². The van der Waals surface area contributed by atoms with E-state index in [-0.39, 0.29) is 0 Å². The summed E-state index contributed by atoms with van der Waals surface area (Å²) in [7, 11) is 2.17. The van der Waals surface area contributed by atoms with Crippen molar-refractivity contribution in [3.63, 3.8) is 0 Å². The third-order valence-electron chi connectivity index (χ3n) is 7.63. The largest absolute Gasteiger partial charge is 0.372 e. The number of benzene rings is 3. The molecule has 0 amide bonds. The lowest BCUT2D eigenvalue weighted by atomic mass is 9.83. The number of anilines is 2. The molecule has 0 aromatic heterocycles. The van der Waals surface area contributed by atoms with Crippen LogP contribution in [-0.2, 0) is 0 Å². The number of nitrogens with zero attached hydrogens (tertiary/aromatic N) is 3. The first-order valence-electron chi connectivity index (χ1n) is 13.9. The van der Waals surface area contributed by atoms with Gasteiger partial charge in [-0.1, -0.05) is 42.5 Å². The minimum atomic E-state index is 0.972. The quantitative estimate of drug-likeness (QED) is 0.289. The summed E-state index contributed by atoms with van der Waals surface area (Å²) in [4.78, 5) is 4.79. The third-order valence-corrected chi connectivity index (χ3v) is 7.63. The van der Waals surface area contributed by atoms with Crippen LogP contribution in [0.1, 0.15) is 56.9 Å². The highest BCUT2D eigenvalue weighted by molar-refractivity contribution is 6.17. The molecule has 0 spiro atoms. The molecule has 3 aromatic rings. The van der Waals surface area contributed by atoms with Crippen LogP contribution in [0.5, 0.6) is 0 Å². The van der Waals surface area contributed by atoms with Crippen LogP contribution in [-0.4, -0.2) is 50.1 Å². The summed E-state index contributed by atoms with van der Waals surface area (Å²) in [5.41, 5.74) is 11.4. The second kappa shape index (κ2) is 12.1. The Morgan fingerprint density at radius 3 is 1.49 bits per heavy atom. The molecule has 3 aromatic carbocycles. The minimum Gasteiger partial charge on any atom is -0.372 e. The van der Waals surface area contributed by atoms with E-state index in [0.29, 0.717) is 0 Å². The Labute approximate surface area is 224 Å². The maximum absolute atomic E-state index is 2.40. The Hall–Kier alpha value is -3.59. The Balaban J connectivity index is 1.93. The summed E-state index contributed by atoms with van der Waals surface area (Å²) < 4.78 is 2.32. The van der Waals surface area contributed by atoms with Gasteiger partial charge >= 0.3 is 0 Å². The van der Waals surface area contributed by atoms with Gasteiger partial charge in [0.05, 0.1) is 5.56 Å². The summed E-state index contributed by atoms with van der Waals surface area (Å²) >= 11 is 0. The SMILES string of the molecule is CCN(CC)c1ccc(C(=C2C=CC(=[N+](C)CC)c3ccccc32)c2ccc(N(CC)CC)cc2)cc1. The van der Waals surface area contributed by atoms with E-state index in [4.69, 9.17) is 0 Å². The smallest absolute Gasteiger partial charge is 0.207 e. The van der Waals surface area contributed by atoms with Gasteiger partial charge in [-0.3, -0.25) is 0 Å². The number of fused-ring (bicyclic) bond motifs is 1. The van der Waals surface area contributed by atoms with Crippen LogP contribution >= 0.6 is 0 Å². The van der Waals surface area contributed by atoms with Gasteiger partial charge in [0.15, 0.2) is 0 Å². The van der Waals surface area contributed by atoms with Crippen molar-refractivity contribution in [2.45, 2.75) is 34.6 Å². The van der Waals surface area contributed by atoms with Gasteiger partial charge in [-0.15, -0.1) is 0 Å². The minimum absolute atomic E-state index is 0.972. The Morgan fingerprint density at radius 2 is 1.05 bits per heavy atom. The fraction of sp³-hybridized carbons (Fsp3) is 0.324. The summed E-state index contributed by atoms with van der Waals surface area (Å²) in [5, 5.41) is 0. The summed E-state index contributed by atoms with van der Waals surface area (Å²) in [6, 6.07) is 27.1. The first-order valence-corrected chi connectivity index (χ1v) is 13.9. The molecule has 4 rings (SSSR count). The van der Waals surface area contributed by atoms with Gasteiger partial charge in [-0.2, -0.15) is 0 Å². The highest BCUT2D eigenvalue weighted by atomic mass is 15.1. The molecule has 0 unspecified atom stereocenters. The predicted octanol–water partition coefficient (Wildman–Crippen LogP) is 7.36. The van der Waals surface area contributed by atoms with E-state index in [1.165, 1.54) is 50.5 Å². The molecular formula is C34H42N3+. The fourth-order valence-corrected chi connectivity index (χ4v) is 5.34. The monoisotopic (exact) mass is 492 g/mol. The van der Waals surface area contributed by atoms with Crippen LogP contribution in [0.15, 0.2) is 84.9 Å². The molecule has 37 heavy (non-hydrogen) atoms. The zero-order valence-corrected chi connectivity index (χ0v) is 23.5. The molecule has 0 saturated carbocycles. The van der Waals surface area contributed by atoms with Gasteiger partial charge in [0, 0.05) is 43.6 Å². The Bertz CT molecular complexity index is 1230. The van der Waals surface area contributed by atoms with E-state index >= 15 is 0 Å². The molecule has 192 valence electrons. The molecule has 0 aliphatic heterocycles. The molecule has 0 bridgehead atoms. The third kappa shape index (κ3) is 5.41. The lowest BCUT2D eigenvalue weighted by Gasteiger charge is -2.24. The topological polar surface area (TPSA) is 9.49 Å². The molecule has 0 radical (unpaired) electrons. The van der Waals surface area contributed by atoms with E-state index in [2.05, 4.69) is 141 Å². The molecule has 0 heterocycles. The van der Waals surface area contributed by atoms with Gasteiger partial charge < -0.3 is 9.80 Å². The van der Waals surface area contributed by atoms with Gasteiger partial charge in [-0.25, -0.2) is 4.58 Å². The lowest BCUT2D eigenvalue weighted by molar-refractivity contribution is -0.492. The fourth-order valence-electron chi connectivity index (χ4n) is 5.34. The average Bonchev–Trinajstić information content (AvgIpc) is 2.95. The van der Waals surface area contributed by atoms with Crippen LogP contribution in [0.3, 0.4) is 0 Å². The second-order valence-electron chi connectivity index (χ2n) is 9.51. The number of hydrogen-bond acceptors (Lipinski definition) is 2. The molecular weight excluding hydrogens is 450 g/mol. The van der Waals surface area contributed by atoms with Gasteiger partial charge in [0.1, 0.15) is 13.6 Å². The molecule has 0 N–H and O–H groups in total. The standard InChI is InChI=1S/C34H42N3/c1-7-35(6)33-25-24-32(30-14-12-13-15-31(30)33)34(26-16-20-28(21-17-26)36(8-2)9-3)27-18-22-29(23-19-27)37(10-4)11-5/h12-25H,7-11H2,1-6H3/q+1. The lowest BCUT2D eigenvalue weighted by Crippen LogP contribution is -2.21. The number of hydrogen-bond donors (Lipinski definition) is 0. The molecule has 0 atom stereocenters. The molecule has 0 saturated heterocycles. The van der Waals surface area contributed by atoms with Crippen molar-refractivity contribution in [2.24, 2.45) is 0 Å². The maximum atomic E-state index is 2.40. The Kier molecular flexibility index (Phi) is 8.66. The van der Waals surface area contributed by atoms with Gasteiger partial charge in [0.25, 0.3) is 0 Å². The van der Waals surface area contributed by atoms with E-state index in [1.807, 2.05) is 0 Å². The van der Waals surface area contributed by atoms with Crippen LogP contribution in [0.2, 0.25) is 0 Å². The summed E-state index contributed by atoms with van der Waals surface area (Å²) in [6.07, 6.45) is 4.60. The molecule has 3 nitrogen and oxygen atoms in total. The summed E-state index contributed by atoms with van der Waals surface area (Å²) in [6.45, 7) is 16.1. The van der Waals surface area contributed by atoms with Crippen molar-refractivity contribution >= 4 is 28.2 Å². The molecule has 0 fully saturated rings. The average molecular weight is 493 g/mol.